The van der Waals surface area contributed by atoms with E-state index in [1.54, 1.807) is 54.6 Å². The van der Waals surface area contributed by atoms with E-state index >= 15 is 0 Å². The van der Waals surface area contributed by atoms with Crippen LogP contribution in [0.1, 0.15) is 18.1 Å². The Hall–Kier alpha value is -3.03. The second-order valence-electron chi connectivity index (χ2n) is 7.26. The van der Waals surface area contributed by atoms with Crippen LogP contribution in [0.15, 0.2) is 71.6 Å². The Labute approximate surface area is 193 Å². The van der Waals surface area contributed by atoms with Crippen LogP contribution in [0, 0.1) is 13.8 Å². The minimum absolute atomic E-state index is 0.0667. The average Bonchev–Trinajstić information content (AvgIpc) is 2.75. The van der Waals surface area contributed by atoms with E-state index in [0.717, 1.165) is 15.4 Å². The van der Waals surface area contributed by atoms with Crippen LogP contribution in [0.25, 0.3) is 0 Å². The van der Waals surface area contributed by atoms with Crippen LogP contribution in [-0.4, -0.2) is 27.5 Å². The molecule has 3 aromatic carbocycles. The molecule has 0 aromatic heterocycles. The molecule has 32 heavy (non-hydrogen) atoms. The third kappa shape index (κ3) is 5.60. The van der Waals surface area contributed by atoms with Gasteiger partial charge in [-0.05, 0) is 80.9 Å². The third-order valence-electron chi connectivity index (χ3n) is 4.79. The highest BCUT2D eigenvalue weighted by Gasteiger charge is 2.27. The van der Waals surface area contributed by atoms with Crippen molar-refractivity contribution in [3.63, 3.8) is 0 Å². The van der Waals surface area contributed by atoms with Crippen molar-refractivity contribution in [1.29, 1.82) is 0 Å². The first-order chi connectivity index (χ1) is 15.2. The lowest BCUT2D eigenvalue weighted by Crippen LogP contribution is -2.38. The van der Waals surface area contributed by atoms with Crippen molar-refractivity contribution in [1.82, 2.24) is 0 Å². The van der Waals surface area contributed by atoms with E-state index in [4.69, 9.17) is 16.3 Å². The minimum Gasteiger partial charge on any atom is -0.494 e. The Morgan fingerprint density at radius 1 is 1.00 bits per heavy atom. The van der Waals surface area contributed by atoms with E-state index in [1.165, 1.54) is 12.1 Å². The van der Waals surface area contributed by atoms with Gasteiger partial charge in [-0.15, -0.1) is 0 Å². The number of hydrogen-bond donors (Lipinski definition) is 1. The molecule has 0 spiro atoms. The number of sulfonamides is 1. The van der Waals surface area contributed by atoms with Crippen LogP contribution in [0.4, 0.5) is 11.4 Å². The zero-order chi connectivity index (χ0) is 23.3. The summed E-state index contributed by atoms with van der Waals surface area (Å²) in [5.74, 6) is 0.106. The van der Waals surface area contributed by atoms with E-state index in [2.05, 4.69) is 5.32 Å². The lowest BCUT2D eigenvalue weighted by Gasteiger charge is -2.24. The van der Waals surface area contributed by atoms with Crippen molar-refractivity contribution in [2.45, 2.75) is 25.7 Å². The number of anilines is 2. The van der Waals surface area contributed by atoms with Crippen LogP contribution >= 0.6 is 11.6 Å². The Morgan fingerprint density at radius 2 is 1.66 bits per heavy atom. The zero-order valence-corrected chi connectivity index (χ0v) is 19.7. The normalized spacial score (nSPS) is 11.1. The Kier molecular flexibility index (Phi) is 7.43. The standard InChI is InChI=1S/C24H25ClN2O4S/c1-4-31-21-10-12-22(13-11-21)32(29,30)27(20-8-5-17(2)6-9-20)16-24(28)26-23-14-7-19(25)15-18(23)3/h5-15H,4,16H2,1-3H3,(H,26,28). The number of amides is 1. The first kappa shape index (κ1) is 23.6. The highest BCUT2D eigenvalue weighted by molar-refractivity contribution is 7.92. The molecular weight excluding hydrogens is 448 g/mol. The van der Waals surface area contributed by atoms with E-state index in [1.807, 2.05) is 20.8 Å². The van der Waals surface area contributed by atoms with Gasteiger partial charge in [-0.2, -0.15) is 0 Å². The second kappa shape index (κ2) is 10.1. The smallest absolute Gasteiger partial charge is 0.264 e. The number of carbonyl (C=O) groups excluding carboxylic acids is 1. The van der Waals surface area contributed by atoms with E-state index in [9.17, 15) is 13.2 Å². The Bertz CT molecular complexity index is 1190. The van der Waals surface area contributed by atoms with Crippen molar-refractivity contribution in [3.8, 4) is 5.75 Å². The van der Waals surface area contributed by atoms with Gasteiger partial charge in [0.15, 0.2) is 0 Å². The maximum atomic E-state index is 13.5. The highest BCUT2D eigenvalue weighted by Crippen LogP contribution is 2.26. The second-order valence-corrected chi connectivity index (χ2v) is 9.56. The fourth-order valence-corrected chi connectivity index (χ4v) is 4.76. The molecule has 0 unspecified atom stereocenters. The summed E-state index contributed by atoms with van der Waals surface area (Å²) in [6.45, 7) is 5.67. The van der Waals surface area contributed by atoms with Crippen LogP contribution in [0.5, 0.6) is 5.75 Å². The van der Waals surface area contributed by atoms with E-state index in [-0.39, 0.29) is 11.4 Å². The summed E-state index contributed by atoms with van der Waals surface area (Å²) in [5, 5.41) is 3.33. The average molecular weight is 473 g/mol. The third-order valence-corrected chi connectivity index (χ3v) is 6.82. The molecule has 0 saturated carbocycles. The number of nitrogens with zero attached hydrogens (tertiary/aromatic N) is 1. The lowest BCUT2D eigenvalue weighted by molar-refractivity contribution is -0.114. The van der Waals surface area contributed by atoms with Gasteiger partial charge in [0, 0.05) is 10.7 Å². The Balaban J connectivity index is 1.92. The van der Waals surface area contributed by atoms with Crippen molar-refractivity contribution >= 4 is 38.9 Å². The number of ether oxygens (including phenoxy) is 1. The Morgan fingerprint density at radius 3 is 2.25 bits per heavy atom. The predicted molar refractivity (Wildman–Crippen MR) is 128 cm³/mol. The van der Waals surface area contributed by atoms with Crippen LogP contribution in [0.2, 0.25) is 5.02 Å². The molecule has 0 aliphatic rings. The topological polar surface area (TPSA) is 75.7 Å². The van der Waals surface area contributed by atoms with Crippen molar-refractivity contribution in [3.05, 3.63) is 82.9 Å². The van der Waals surface area contributed by atoms with E-state index < -0.39 is 15.9 Å². The summed E-state index contributed by atoms with van der Waals surface area (Å²) in [4.78, 5) is 12.9. The fourth-order valence-electron chi connectivity index (χ4n) is 3.12. The van der Waals surface area contributed by atoms with Gasteiger partial charge in [-0.25, -0.2) is 8.42 Å². The molecular formula is C24H25ClN2O4S. The van der Waals surface area contributed by atoms with Gasteiger partial charge in [0.2, 0.25) is 5.91 Å². The lowest BCUT2D eigenvalue weighted by atomic mass is 10.2. The molecule has 0 atom stereocenters. The van der Waals surface area contributed by atoms with Crippen molar-refractivity contribution in [2.75, 3.05) is 22.8 Å². The van der Waals surface area contributed by atoms with Gasteiger partial charge in [0.1, 0.15) is 12.3 Å². The highest BCUT2D eigenvalue weighted by atomic mass is 35.5. The van der Waals surface area contributed by atoms with Gasteiger partial charge in [-0.1, -0.05) is 29.3 Å². The molecule has 0 aliphatic carbocycles. The number of carbonyl (C=O) groups is 1. The SMILES string of the molecule is CCOc1ccc(S(=O)(=O)N(CC(=O)Nc2ccc(Cl)cc2C)c2ccc(C)cc2)cc1. The molecule has 6 nitrogen and oxygen atoms in total. The molecule has 0 saturated heterocycles. The summed E-state index contributed by atoms with van der Waals surface area (Å²) in [6, 6.07) is 18.2. The van der Waals surface area contributed by atoms with Crippen molar-refractivity contribution < 1.29 is 17.9 Å². The predicted octanol–water partition coefficient (Wildman–Crippen LogP) is 5.19. The molecule has 0 heterocycles. The number of benzene rings is 3. The number of rotatable bonds is 8. The fraction of sp³-hybridized carbons (Fsp3) is 0.208. The van der Waals surface area contributed by atoms with Gasteiger partial charge >= 0.3 is 0 Å². The number of halogens is 1. The molecule has 0 aliphatic heterocycles. The van der Waals surface area contributed by atoms with Crippen LogP contribution in [-0.2, 0) is 14.8 Å². The maximum absolute atomic E-state index is 13.5. The molecule has 1 amide bonds. The van der Waals surface area contributed by atoms with Gasteiger partial charge in [0.05, 0.1) is 17.2 Å². The summed E-state index contributed by atoms with van der Waals surface area (Å²) in [5.41, 5.74) is 2.73. The van der Waals surface area contributed by atoms with E-state index in [0.29, 0.717) is 28.8 Å². The van der Waals surface area contributed by atoms with Crippen molar-refractivity contribution in [2.24, 2.45) is 0 Å². The monoisotopic (exact) mass is 472 g/mol. The largest absolute Gasteiger partial charge is 0.494 e. The maximum Gasteiger partial charge on any atom is 0.264 e. The van der Waals surface area contributed by atoms with Gasteiger partial charge < -0.3 is 10.1 Å². The first-order valence-corrected chi connectivity index (χ1v) is 11.9. The summed E-state index contributed by atoms with van der Waals surface area (Å²) in [7, 11) is -4.01. The molecule has 3 aromatic rings. The molecule has 0 radical (unpaired) electrons. The summed E-state index contributed by atoms with van der Waals surface area (Å²) in [6.07, 6.45) is 0. The molecule has 1 N–H and O–H groups in total. The van der Waals surface area contributed by atoms with Crippen LogP contribution < -0.4 is 14.4 Å². The minimum atomic E-state index is -4.01. The zero-order valence-electron chi connectivity index (χ0n) is 18.1. The molecule has 8 heteroatoms. The molecule has 168 valence electrons. The molecule has 3 rings (SSSR count). The van der Waals surface area contributed by atoms with Crippen LogP contribution in [0.3, 0.4) is 0 Å². The first-order valence-electron chi connectivity index (χ1n) is 10.1. The summed E-state index contributed by atoms with van der Waals surface area (Å²) < 4.78 is 33.4. The molecule has 0 bridgehead atoms. The number of nitrogens with one attached hydrogen (secondary N) is 1. The number of hydrogen-bond acceptors (Lipinski definition) is 4. The quantitative estimate of drug-likeness (QED) is 0.489. The van der Waals surface area contributed by atoms with Gasteiger partial charge in [-0.3, -0.25) is 9.10 Å². The van der Waals surface area contributed by atoms with Gasteiger partial charge in [0.25, 0.3) is 10.0 Å². The number of aryl methyl sites for hydroxylation is 2. The molecule has 0 fully saturated rings. The summed E-state index contributed by atoms with van der Waals surface area (Å²) >= 11 is 5.98.